The summed E-state index contributed by atoms with van der Waals surface area (Å²) in [5.41, 5.74) is 1.79. The third kappa shape index (κ3) is 8.71. The summed E-state index contributed by atoms with van der Waals surface area (Å²) in [6.07, 6.45) is 2.52. The molecule has 0 aromatic heterocycles. The number of nitrogens with one attached hydrogen (secondary N) is 1. The molecule has 2 unspecified atom stereocenters. The molecule has 37 heavy (non-hydrogen) atoms. The Balaban J connectivity index is 2.25. The highest BCUT2D eigenvalue weighted by molar-refractivity contribution is 7.92. The number of carbonyl (C=O) groups excluding carboxylic acids is 2. The summed E-state index contributed by atoms with van der Waals surface area (Å²) in [5.74, 6) is -0.924. The van der Waals surface area contributed by atoms with Crippen LogP contribution in [0.2, 0.25) is 5.02 Å². The van der Waals surface area contributed by atoms with Crippen molar-refractivity contribution in [2.75, 3.05) is 17.1 Å². The Morgan fingerprint density at radius 1 is 1.08 bits per heavy atom. The van der Waals surface area contributed by atoms with E-state index < -0.39 is 16.1 Å². The minimum absolute atomic E-state index is 0.0277. The van der Waals surface area contributed by atoms with Gasteiger partial charge in [0.2, 0.25) is 21.8 Å². The maximum atomic E-state index is 13.4. The van der Waals surface area contributed by atoms with Gasteiger partial charge in [-0.15, -0.1) is 0 Å². The first-order valence-corrected chi connectivity index (χ1v) is 14.7. The molecular formula is C27H37ClFN3O4S. The molecule has 1 N–H and O–H groups in total. The van der Waals surface area contributed by atoms with Gasteiger partial charge >= 0.3 is 0 Å². The maximum Gasteiger partial charge on any atom is 0.243 e. The summed E-state index contributed by atoms with van der Waals surface area (Å²) >= 11 is 6.20. The molecule has 0 heterocycles. The molecule has 0 radical (unpaired) electrons. The van der Waals surface area contributed by atoms with Gasteiger partial charge in [0.1, 0.15) is 11.9 Å². The number of carbonyl (C=O) groups is 2. The molecule has 0 aliphatic heterocycles. The van der Waals surface area contributed by atoms with Crippen LogP contribution in [0.15, 0.2) is 42.5 Å². The van der Waals surface area contributed by atoms with E-state index in [-0.39, 0.29) is 49.6 Å². The van der Waals surface area contributed by atoms with Gasteiger partial charge < -0.3 is 10.2 Å². The number of amides is 2. The summed E-state index contributed by atoms with van der Waals surface area (Å²) in [7, 11) is -3.63. The molecule has 0 saturated heterocycles. The molecule has 204 valence electrons. The van der Waals surface area contributed by atoms with E-state index in [0.29, 0.717) is 28.3 Å². The zero-order valence-electron chi connectivity index (χ0n) is 22.1. The predicted molar refractivity (Wildman–Crippen MR) is 147 cm³/mol. The molecular weight excluding hydrogens is 517 g/mol. The van der Waals surface area contributed by atoms with E-state index in [9.17, 15) is 22.4 Å². The highest BCUT2D eigenvalue weighted by Crippen LogP contribution is 2.28. The quantitative estimate of drug-likeness (QED) is 0.376. The van der Waals surface area contributed by atoms with Gasteiger partial charge in [-0.2, -0.15) is 0 Å². The predicted octanol–water partition coefficient (Wildman–Crippen LogP) is 5.06. The van der Waals surface area contributed by atoms with Crippen LogP contribution < -0.4 is 9.62 Å². The van der Waals surface area contributed by atoms with Crippen LogP contribution in [0.25, 0.3) is 0 Å². The number of sulfonamides is 1. The van der Waals surface area contributed by atoms with E-state index in [0.717, 1.165) is 12.7 Å². The van der Waals surface area contributed by atoms with Crippen LogP contribution in [0.3, 0.4) is 0 Å². The maximum absolute atomic E-state index is 13.4. The third-order valence-corrected chi connectivity index (χ3v) is 7.90. The van der Waals surface area contributed by atoms with Crippen LogP contribution >= 0.6 is 11.6 Å². The van der Waals surface area contributed by atoms with Gasteiger partial charge in [-0.1, -0.05) is 43.6 Å². The van der Waals surface area contributed by atoms with Gasteiger partial charge in [-0.05, 0) is 68.5 Å². The molecule has 0 aliphatic carbocycles. The van der Waals surface area contributed by atoms with E-state index in [4.69, 9.17) is 11.6 Å². The molecule has 0 saturated carbocycles. The molecule has 2 amide bonds. The fourth-order valence-electron chi connectivity index (χ4n) is 4.00. The van der Waals surface area contributed by atoms with Gasteiger partial charge in [0, 0.05) is 30.6 Å². The topological polar surface area (TPSA) is 86.8 Å². The lowest BCUT2D eigenvalue weighted by Gasteiger charge is -2.32. The van der Waals surface area contributed by atoms with Crippen LogP contribution in [-0.4, -0.2) is 50.0 Å². The Kier molecular flexibility index (Phi) is 11.4. The van der Waals surface area contributed by atoms with Gasteiger partial charge in [-0.3, -0.25) is 13.9 Å². The van der Waals surface area contributed by atoms with Crippen molar-refractivity contribution >= 4 is 39.1 Å². The number of hydrogen-bond acceptors (Lipinski definition) is 4. The van der Waals surface area contributed by atoms with Crippen molar-refractivity contribution in [1.29, 1.82) is 0 Å². The summed E-state index contributed by atoms with van der Waals surface area (Å²) < 4.78 is 39.8. The molecule has 2 rings (SSSR count). The average molecular weight is 554 g/mol. The smallest absolute Gasteiger partial charge is 0.243 e. The Morgan fingerprint density at radius 3 is 2.30 bits per heavy atom. The highest BCUT2D eigenvalue weighted by atomic mass is 35.5. The van der Waals surface area contributed by atoms with Gasteiger partial charge in [0.25, 0.3) is 0 Å². The fourth-order valence-corrected chi connectivity index (χ4v) is 5.18. The number of rotatable bonds is 13. The molecule has 0 aliphatic rings. The van der Waals surface area contributed by atoms with Crippen molar-refractivity contribution in [2.45, 2.75) is 72.0 Å². The van der Waals surface area contributed by atoms with E-state index in [1.165, 1.54) is 21.3 Å². The molecule has 0 bridgehead atoms. The van der Waals surface area contributed by atoms with Crippen LogP contribution in [-0.2, 0) is 26.2 Å². The SMILES string of the molecule is CCC(C)NC(=O)C(CC)N(Cc1ccc(F)cc1)C(=O)CCCN(c1cccc(Cl)c1C)S(C)(=O)=O. The Morgan fingerprint density at radius 2 is 1.73 bits per heavy atom. The lowest BCUT2D eigenvalue weighted by molar-refractivity contribution is -0.141. The minimum atomic E-state index is -3.63. The monoisotopic (exact) mass is 553 g/mol. The van der Waals surface area contributed by atoms with E-state index >= 15 is 0 Å². The van der Waals surface area contributed by atoms with Gasteiger partial charge in [0.15, 0.2) is 0 Å². The molecule has 2 atom stereocenters. The van der Waals surface area contributed by atoms with Crippen molar-refractivity contribution in [3.63, 3.8) is 0 Å². The van der Waals surface area contributed by atoms with Crippen molar-refractivity contribution in [1.82, 2.24) is 10.2 Å². The Hall–Kier alpha value is -2.65. The second kappa shape index (κ2) is 13.8. The molecule has 7 nitrogen and oxygen atoms in total. The number of halogens is 2. The standard InChI is InChI=1S/C27H37ClFN3O4S/c1-6-19(3)30-27(34)24(7-2)31(18-21-13-15-22(29)16-14-21)26(33)12-9-17-32(37(5,35)36)25-11-8-10-23(28)20(25)4/h8,10-11,13-16,19,24H,6-7,9,12,17-18H2,1-5H3,(H,30,34). The second-order valence-corrected chi connectivity index (χ2v) is 11.5. The van der Waals surface area contributed by atoms with Crippen molar-refractivity contribution in [2.24, 2.45) is 0 Å². The number of benzene rings is 2. The third-order valence-electron chi connectivity index (χ3n) is 6.31. The molecule has 0 fully saturated rings. The zero-order valence-corrected chi connectivity index (χ0v) is 23.7. The van der Waals surface area contributed by atoms with E-state index in [2.05, 4.69) is 5.32 Å². The summed E-state index contributed by atoms with van der Waals surface area (Å²) in [4.78, 5) is 28.0. The van der Waals surface area contributed by atoms with E-state index in [1.807, 2.05) is 20.8 Å². The summed E-state index contributed by atoms with van der Waals surface area (Å²) in [5, 5.41) is 3.39. The van der Waals surface area contributed by atoms with Gasteiger partial charge in [-0.25, -0.2) is 12.8 Å². The average Bonchev–Trinajstić information content (AvgIpc) is 2.84. The summed E-state index contributed by atoms with van der Waals surface area (Å²) in [6.45, 7) is 7.64. The summed E-state index contributed by atoms with van der Waals surface area (Å²) in [6, 6.07) is 10.1. The lowest BCUT2D eigenvalue weighted by atomic mass is 10.1. The number of hydrogen-bond donors (Lipinski definition) is 1. The second-order valence-electron chi connectivity index (χ2n) is 9.21. The van der Waals surface area contributed by atoms with E-state index in [1.54, 1.807) is 37.3 Å². The lowest BCUT2D eigenvalue weighted by Crippen LogP contribution is -2.50. The van der Waals surface area contributed by atoms with Crippen LogP contribution in [0.5, 0.6) is 0 Å². The van der Waals surface area contributed by atoms with Crippen molar-refractivity contribution < 1.29 is 22.4 Å². The first-order chi connectivity index (χ1) is 17.4. The van der Waals surface area contributed by atoms with Gasteiger partial charge in [0.05, 0.1) is 11.9 Å². The molecule has 2 aromatic carbocycles. The first-order valence-electron chi connectivity index (χ1n) is 12.5. The Bertz CT molecular complexity index is 1170. The molecule has 2 aromatic rings. The first kappa shape index (κ1) is 30.6. The molecule has 0 spiro atoms. The number of nitrogens with zero attached hydrogens (tertiary/aromatic N) is 2. The number of anilines is 1. The van der Waals surface area contributed by atoms with Crippen LogP contribution in [0, 0.1) is 12.7 Å². The van der Waals surface area contributed by atoms with Crippen molar-refractivity contribution in [3.05, 3.63) is 64.4 Å². The minimum Gasteiger partial charge on any atom is -0.352 e. The van der Waals surface area contributed by atoms with Crippen LogP contribution in [0.1, 0.15) is 57.6 Å². The normalized spacial score (nSPS) is 13.1. The Labute approximate surface area is 225 Å². The van der Waals surface area contributed by atoms with Crippen molar-refractivity contribution in [3.8, 4) is 0 Å². The zero-order chi connectivity index (χ0) is 27.8. The highest BCUT2D eigenvalue weighted by Gasteiger charge is 2.29. The largest absolute Gasteiger partial charge is 0.352 e. The molecule has 10 heteroatoms. The van der Waals surface area contributed by atoms with Crippen LogP contribution in [0.4, 0.5) is 10.1 Å². The fraction of sp³-hybridized carbons (Fsp3) is 0.481.